The topological polar surface area (TPSA) is 114 Å². The first-order valence-corrected chi connectivity index (χ1v) is 15.5. The van der Waals surface area contributed by atoms with Gasteiger partial charge < -0.3 is 25.5 Å². The standard InChI is InChI=1S/C33H41ClFN3O5/c1-33(2,24-11-7-12-25(34)19-24)29(22-10-6-13-26(35)17-22)43-32(42)38-28(16-21-8-4-3-5-9-21)31(41)37-27(20-39)18-23-14-15-36-30(23)40/h6-7,10-13,17,19-21,23,27-29H,3-5,8-9,14-16,18H2,1-2H3,(H,36,40)(H,37,41)(H,38,42)/t23-,27-,28-,29+/m0/s1. The van der Waals surface area contributed by atoms with Crippen LogP contribution >= 0.6 is 11.6 Å². The number of carbonyl (C=O) groups excluding carboxylic acids is 4. The average molecular weight is 614 g/mol. The van der Waals surface area contributed by atoms with Crippen molar-refractivity contribution in [1.29, 1.82) is 0 Å². The van der Waals surface area contributed by atoms with E-state index in [2.05, 4.69) is 16.0 Å². The Labute approximate surface area is 257 Å². The Balaban J connectivity index is 1.54. The van der Waals surface area contributed by atoms with Gasteiger partial charge in [-0.3, -0.25) is 9.59 Å². The van der Waals surface area contributed by atoms with Gasteiger partial charge in [-0.1, -0.05) is 81.8 Å². The van der Waals surface area contributed by atoms with Crippen molar-refractivity contribution in [3.05, 3.63) is 70.5 Å². The molecule has 1 saturated heterocycles. The molecule has 4 rings (SSSR count). The molecule has 1 aliphatic heterocycles. The van der Waals surface area contributed by atoms with Crippen LogP contribution in [0.2, 0.25) is 5.02 Å². The zero-order valence-corrected chi connectivity index (χ0v) is 25.5. The van der Waals surface area contributed by atoms with Crippen LogP contribution in [0, 0.1) is 17.7 Å². The molecular weight excluding hydrogens is 573 g/mol. The number of amides is 3. The minimum atomic E-state index is -0.960. The minimum absolute atomic E-state index is 0.132. The molecule has 2 aromatic rings. The molecule has 1 heterocycles. The first-order valence-electron chi connectivity index (χ1n) is 15.1. The van der Waals surface area contributed by atoms with Gasteiger partial charge in [-0.05, 0) is 60.6 Å². The number of benzene rings is 2. The lowest BCUT2D eigenvalue weighted by Gasteiger charge is -2.35. The van der Waals surface area contributed by atoms with Crippen molar-refractivity contribution in [3.63, 3.8) is 0 Å². The number of halogens is 2. The van der Waals surface area contributed by atoms with Crippen LogP contribution in [0.25, 0.3) is 0 Å². The molecule has 2 aliphatic rings. The molecule has 3 N–H and O–H groups in total. The zero-order valence-electron chi connectivity index (χ0n) is 24.7. The van der Waals surface area contributed by atoms with E-state index in [1.165, 1.54) is 12.1 Å². The molecule has 0 bridgehead atoms. The lowest BCUT2D eigenvalue weighted by atomic mass is 9.76. The Morgan fingerprint density at radius 1 is 1.07 bits per heavy atom. The summed E-state index contributed by atoms with van der Waals surface area (Å²) in [6, 6.07) is 11.2. The van der Waals surface area contributed by atoms with E-state index < -0.39 is 41.4 Å². The summed E-state index contributed by atoms with van der Waals surface area (Å²) >= 11 is 6.27. The summed E-state index contributed by atoms with van der Waals surface area (Å²) in [7, 11) is 0. The number of hydrogen-bond donors (Lipinski definition) is 3. The third-order valence-corrected chi connectivity index (χ3v) is 8.93. The number of hydrogen-bond acceptors (Lipinski definition) is 5. The van der Waals surface area contributed by atoms with Gasteiger partial charge in [0.1, 0.15) is 24.2 Å². The van der Waals surface area contributed by atoms with Crippen molar-refractivity contribution in [3.8, 4) is 0 Å². The lowest BCUT2D eigenvalue weighted by molar-refractivity contribution is -0.127. The SMILES string of the molecule is CC(C)(c1cccc(Cl)c1)[C@H](OC(=O)N[C@@H](CC1CCCCC1)C(=O)N[C@H](C=O)C[C@@H]1CCNC1=O)c1cccc(F)c1. The van der Waals surface area contributed by atoms with E-state index in [4.69, 9.17) is 16.3 Å². The Bertz CT molecular complexity index is 1300. The van der Waals surface area contributed by atoms with E-state index in [1.54, 1.807) is 30.3 Å². The van der Waals surface area contributed by atoms with Crippen LogP contribution in [0.15, 0.2) is 48.5 Å². The van der Waals surface area contributed by atoms with Crippen LogP contribution in [0.3, 0.4) is 0 Å². The molecule has 232 valence electrons. The van der Waals surface area contributed by atoms with Crippen molar-refractivity contribution >= 4 is 35.8 Å². The minimum Gasteiger partial charge on any atom is -0.440 e. The van der Waals surface area contributed by atoms with Gasteiger partial charge in [0.05, 0.1) is 6.04 Å². The third kappa shape index (κ3) is 8.78. The molecule has 8 nitrogen and oxygen atoms in total. The largest absolute Gasteiger partial charge is 0.440 e. The monoisotopic (exact) mass is 613 g/mol. The molecular formula is C33H41ClFN3O5. The van der Waals surface area contributed by atoms with Crippen LogP contribution in [0.5, 0.6) is 0 Å². The van der Waals surface area contributed by atoms with Crippen molar-refractivity contribution in [2.24, 2.45) is 11.8 Å². The van der Waals surface area contributed by atoms with Crippen molar-refractivity contribution in [1.82, 2.24) is 16.0 Å². The Kier molecular flexibility index (Phi) is 11.2. The summed E-state index contributed by atoms with van der Waals surface area (Å²) in [5, 5.41) is 8.76. The molecule has 43 heavy (non-hydrogen) atoms. The second-order valence-corrected chi connectivity index (χ2v) is 12.7. The van der Waals surface area contributed by atoms with Gasteiger partial charge in [-0.2, -0.15) is 0 Å². The normalized spacial score (nSPS) is 19.5. The molecule has 2 fully saturated rings. The molecule has 0 aromatic heterocycles. The molecule has 0 spiro atoms. The first kappa shape index (κ1) is 32.5. The van der Waals surface area contributed by atoms with E-state index in [-0.39, 0.29) is 24.2 Å². The summed E-state index contributed by atoms with van der Waals surface area (Å²) in [5.74, 6) is -1.24. The Hall–Kier alpha value is -3.46. The van der Waals surface area contributed by atoms with Crippen LogP contribution < -0.4 is 16.0 Å². The molecule has 10 heteroatoms. The fourth-order valence-corrected chi connectivity index (χ4v) is 6.41. The number of aldehydes is 1. The molecule has 4 atom stereocenters. The fourth-order valence-electron chi connectivity index (χ4n) is 6.22. The van der Waals surface area contributed by atoms with E-state index in [0.29, 0.717) is 36.3 Å². The maximum absolute atomic E-state index is 14.3. The van der Waals surface area contributed by atoms with Crippen molar-refractivity contribution < 1.29 is 28.3 Å². The van der Waals surface area contributed by atoms with Crippen LogP contribution in [-0.4, -0.2) is 42.8 Å². The summed E-state index contributed by atoms with van der Waals surface area (Å²) in [4.78, 5) is 51.0. The number of alkyl carbamates (subject to hydrolysis) is 1. The number of nitrogens with one attached hydrogen (secondary N) is 3. The summed E-state index contributed by atoms with van der Waals surface area (Å²) < 4.78 is 20.3. The molecule has 1 saturated carbocycles. The average Bonchev–Trinajstić information content (AvgIpc) is 3.39. The van der Waals surface area contributed by atoms with E-state index in [0.717, 1.165) is 37.7 Å². The van der Waals surface area contributed by atoms with Crippen molar-refractivity contribution in [2.75, 3.05) is 6.54 Å². The second kappa shape index (κ2) is 14.8. The highest BCUT2D eigenvalue weighted by Gasteiger charge is 2.38. The van der Waals surface area contributed by atoms with Gasteiger partial charge in [0.2, 0.25) is 11.8 Å². The maximum Gasteiger partial charge on any atom is 0.408 e. The third-order valence-electron chi connectivity index (χ3n) is 8.70. The molecule has 2 aromatic carbocycles. The highest BCUT2D eigenvalue weighted by atomic mass is 35.5. The second-order valence-electron chi connectivity index (χ2n) is 12.3. The van der Waals surface area contributed by atoms with E-state index in [9.17, 15) is 23.6 Å². The Morgan fingerprint density at radius 2 is 1.81 bits per heavy atom. The summed E-state index contributed by atoms with van der Waals surface area (Å²) in [5.41, 5.74) is 0.398. The smallest absolute Gasteiger partial charge is 0.408 e. The quantitative estimate of drug-likeness (QED) is 0.263. The van der Waals surface area contributed by atoms with Gasteiger partial charge in [-0.25, -0.2) is 9.18 Å². The van der Waals surface area contributed by atoms with Crippen LogP contribution in [0.1, 0.15) is 82.4 Å². The molecule has 0 unspecified atom stereocenters. The van der Waals surface area contributed by atoms with Crippen molar-refractivity contribution in [2.45, 2.75) is 88.8 Å². The van der Waals surface area contributed by atoms with Gasteiger partial charge in [0.15, 0.2) is 0 Å². The number of carbonyl (C=O) groups is 4. The van der Waals surface area contributed by atoms with E-state index >= 15 is 0 Å². The van der Waals surface area contributed by atoms with E-state index in [1.807, 2.05) is 19.9 Å². The molecule has 1 aliphatic carbocycles. The predicted octanol–water partition coefficient (Wildman–Crippen LogP) is 5.77. The summed E-state index contributed by atoms with van der Waals surface area (Å²) in [6.07, 6.45) is 5.15. The van der Waals surface area contributed by atoms with Gasteiger partial charge in [-0.15, -0.1) is 0 Å². The van der Waals surface area contributed by atoms with Gasteiger partial charge in [0.25, 0.3) is 0 Å². The van der Waals surface area contributed by atoms with Crippen LogP contribution in [-0.2, 0) is 24.5 Å². The number of ether oxygens (including phenoxy) is 1. The zero-order chi connectivity index (χ0) is 31.0. The first-order chi connectivity index (χ1) is 20.6. The highest BCUT2D eigenvalue weighted by molar-refractivity contribution is 6.30. The van der Waals surface area contributed by atoms with Gasteiger partial charge >= 0.3 is 6.09 Å². The van der Waals surface area contributed by atoms with Gasteiger partial charge in [0, 0.05) is 22.9 Å². The number of rotatable bonds is 12. The fraction of sp³-hybridized carbons (Fsp3) is 0.515. The molecule has 3 amide bonds. The summed E-state index contributed by atoms with van der Waals surface area (Å²) in [6.45, 7) is 4.29. The lowest BCUT2D eigenvalue weighted by Crippen LogP contribution is -2.52. The Morgan fingerprint density at radius 3 is 2.47 bits per heavy atom. The molecule has 0 radical (unpaired) electrons. The highest BCUT2D eigenvalue weighted by Crippen LogP contribution is 2.40. The predicted molar refractivity (Wildman–Crippen MR) is 162 cm³/mol. The maximum atomic E-state index is 14.3. The van der Waals surface area contributed by atoms with Crippen LogP contribution in [0.4, 0.5) is 9.18 Å².